The average Bonchev–Trinajstić information content (AvgIpc) is 2.34. The molecular weight excluding hydrogens is 278 g/mol. The van der Waals surface area contributed by atoms with E-state index in [1.165, 1.54) is 0 Å². The normalized spacial score (nSPS) is 12.1. The van der Waals surface area contributed by atoms with Gasteiger partial charge in [-0.3, -0.25) is 10.6 Å². The number of nitrogens with one attached hydrogen (secondary N) is 2. The van der Waals surface area contributed by atoms with Crippen LogP contribution in [0.1, 0.15) is 29.8 Å². The van der Waals surface area contributed by atoms with Crippen LogP contribution in [-0.2, 0) is 9.84 Å². The molecular formula is C13H21N3O3S. The van der Waals surface area contributed by atoms with Gasteiger partial charge in [0.2, 0.25) is 0 Å². The Bertz CT molecular complexity index is 609. The number of hydrazine groups is 1. The van der Waals surface area contributed by atoms with Crippen molar-refractivity contribution in [2.75, 3.05) is 18.2 Å². The lowest BCUT2D eigenvalue weighted by Gasteiger charge is -2.23. The molecule has 1 aromatic rings. The minimum atomic E-state index is -3.26. The Morgan fingerprint density at radius 1 is 1.35 bits per heavy atom. The number of benzene rings is 1. The number of aryl methyl sites for hydroxylation is 1. The number of anilines is 1. The van der Waals surface area contributed by atoms with Crippen molar-refractivity contribution in [1.82, 2.24) is 5.32 Å². The predicted octanol–water partition coefficient (Wildman–Crippen LogP) is 0.834. The average molecular weight is 299 g/mol. The van der Waals surface area contributed by atoms with Crippen molar-refractivity contribution in [3.63, 3.8) is 0 Å². The first-order chi connectivity index (χ1) is 9.08. The smallest absolute Gasteiger partial charge is 0.253 e. The van der Waals surface area contributed by atoms with Crippen LogP contribution in [0.2, 0.25) is 0 Å². The number of hydrogen-bond acceptors (Lipinski definition) is 5. The van der Waals surface area contributed by atoms with E-state index < -0.39 is 14.6 Å². The zero-order valence-corrected chi connectivity index (χ0v) is 13.0. The highest BCUT2D eigenvalue weighted by Gasteiger charge is 2.30. The summed E-state index contributed by atoms with van der Waals surface area (Å²) in [5.41, 5.74) is 4.31. The first kappa shape index (κ1) is 16.5. The second-order valence-corrected chi connectivity index (χ2v) is 8.06. The number of carbonyl (C=O) groups is 1. The monoisotopic (exact) mass is 299 g/mol. The first-order valence-electron chi connectivity index (χ1n) is 6.13. The van der Waals surface area contributed by atoms with Gasteiger partial charge in [0.15, 0.2) is 9.84 Å². The van der Waals surface area contributed by atoms with Crippen molar-refractivity contribution in [3.8, 4) is 0 Å². The van der Waals surface area contributed by atoms with Crippen LogP contribution >= 0.6 is 0 Å². The van der Waals surface area contributed by atoms with Crippen molar-refractivity contribution in [2.24, 2.45) is 5.84 Å². The third kappa shape index (κ3) is 3.71. The van der Waals surface area contributed by atoms with Gasteiger partial charge >= 0.3 is 0 Å². The minimum Gasteiger partial charge on any atom is -0.350 e. The number of sulfone groups is 1. The van der Waals surface area contributed by atoms with E-state index >= 15 is 0 Å². The van der Waals surface area contributed by atoms with E-state index in [4.69, 9.17) is 5.84 Å². The van der Waals surface area contributed by atoms with Gasteiger partial charge in [-0.25, -0.2) is 8.42 Å². The number of hydrogen-bond donors (Lipinski definition) is 3. The molecule has 7 heteroatoms. The van der Waals surface area contributed by atoms with Gasteiger partial charge in [0.1, 0.15) is 0 Å². The molecule has 6 nitrogen and oxygen atoms in total. The maximum atomic E-state index is 12.1. The molecule has 0 bridgehead atoms. The van der Waals surface area contributed by atoms with Gasteiger partial charge in [-0.2, -0.15) is 0 Å². The van der Waals surface area contributed by atoms with E-state index in [0.717, 1.165) is 11.8 Å². The van der Waals surface area contributed by atoms with Gasteiger partial charge in [0.25, 0.3) is 5.91 Å². The Hall–Kier alpha value is -1.60. The SMILES string of the molecule is Cc1ccc(C(=O)NCC(C)(C)S(C)(=O)=O)c(NN)c1. The lowest BCUT2D eigenvalue weighted by Crippen LogP contribution is -2.43. The molecule has 0 aliphatic carbocycles. The summed E-state index contributed by atoms with van der Waals surface area (Å²) in [6, 6.07) is 5.18. The highest BCUT2D eigenvalue weighted by atomic mass is 32.2. The summed E-state index contributed by atoms with van der Waals surface area (Å²) in [5, 5.41) is 2.63. The van der Waals surface area contributed by atoms with E-state index in [0.29, 0.717) is 11.3 Å². The molecule has 1 amide bonds. The van der Waals surface area contributed by atoms with Crippen LogP contribution in [0.3, 0.4) is 0 Å². The van der Waals surface area contributed by atoms with Gasteiger partial charge in [0, 0.05) is 12.8 Å². The number of amides is 1. The fraction of sp³-hybridized carbons (Fsp3) is 0.462. The Kier molecular flexibility index (Phi) is 4.77. The number of carbonyl (C=O) groups excluding carboxylic acids is 1. The van der Waals surface area contributed by atoms with E-state index in [1.54, 1.807) is 32.0 Å². The molecule has 0 aliphatic rings. The van der Waals surface area contributed by atoms with Gasteiger partial charge < -0.3 is 10.7 Å². The van der Waals surface area contributed by atoms with Crippen LogP contribution in [0.15, 0.2) is 18.2 Å². The third-order valence-electron chi connectivity index (χ3n) is 3.25. The van der Waals surface area contributed by atoms with Gasteiger partial charge in [0.05, 0.1) is 16.0 Å². The zero-order chi connectivity index (χ0) is 15.6. The standard InChI is InChI=1S/C13H21N3O3S/c1-9-5-6-10(11(7-9)16-14)12(17)15-8-13(2,3)20(4,18)19/h5-7,16H,8,14H2,1-4H3,(H,15,17). The molecule has 112 valence electrons. The topological polar surface area (TPSA) is 101 Å². The molecule has 0 spiro atoms. The molecule has 0 saturated heterocycles. The summed E-state index contributed by atoms with van der Waals surface area (Å²) in [5.74, 6) is 5.02. The van der Waals surface area contributed by atoms with Crippen LogP contribution in [0, 0.1) is 6.92 Å². The third-order valence-corrected chi connectivity index (χ3v) is 5.41. The van der Waals surface area contributed by atoms with Crippen LogP contribution < -0.4 is 16.6 Å². The molecule has 0 radical (unpaired) electrons. The number of nitrogens with two attached hydrogens (primary N) is 1. The molecule has 20 heavy (non-hydrogen) atoms. The fourth-order valence-electron chi connectivity index (χ4n) is 1.49. The van der Waals surface area contributed by atoms with Crippen molar-refractivity contribution in [3.05, 3.63) is 29.3 Å². The maximum Gasteiger partial charge on any atom is 0.253 e. The maximum absolute atomic E-state index is 12.1. The summed E-state index contributed by atoms with van der Waals surface area (Å²) >= 11 is 0. The highest BCUT2D eigenvalue weighted by molar-refractivity contribution is 7.92. The van der Waals surface area contributed by atoms with Crippen molar-refractivity contribution in [2.45, 2.75) is 25.5 Å². The minimum absolute atomic E-state index is 0.0303. The summed E-state index contributed by atoms with van der Waals surface area (Å²) < 4.78 is 22.1. The number of nitrogen functional groups attached to an aromatic ring is 1. The number of rotatable bonds is 5. The lowest BCUT2D eigenvalue weighted by molar-refractivity contribution is 0.0951. The Labute approximate surface area is 119 Å². The van der Waals surface area contributed by atoms with Gasteiger partial charge in [-0.1, -0.05) is 6.07 Å². The second-order valence-electron chi connectivity index (χ2n) is 5.41. The Morgan fingerprint density at radius 3 is 2.45 bits per heavy atom. The highest BCUT2D eigenvalue weighted by Crippen LogP contribution is 2.18. The molecule has 0 fully saturated rings. The molecule has 0 unspecified atom stereocenters. The predicted molar refractivity (Wildman–Crippen MR) is 80.2 cm³/mol. The molecule has 4 N–H and O–H groups in total. The summed E-state index contributed by atoms with van der Waals surface area (Å²) in [4.78, 5) is 12.1. The molecule has 0 aliphatic heterocycles. The van der Waals surface area contributed by atoms with Gasteiger partial charge in [-0.05, 0) is 38.5 Å². The molecule has 1 rings (SSSR count). The van der Waals surface area contributed by atoms with Gasteiger partial charge in [-0.15, -0.1) is 0 Å². The molecule has 0 heterocycles. The van der Waals surface area contributed by atoms with E-state index in [9.17, 15) is 13.2 Å². The molecule has 0 aromatic heterocycles. The fourth-order valence-corrected chi connectivity index (χ4v) is 1.83. The molecule has 0 atom stereocenters. The Balaban J connectivity index is 2.88. The van der Waals surface area contributed by atoms with E-state index in [1.807, 2.05) is 6.92 Å². The van der Waals surface area contributed by atoms with Crippen LogP contribution in [-0.4, -0.2) is 31.9 Å². The first-order valence-corrected chi connectivity index (χ1v) is 8.03. The second kappa shape index (κ2) is 5.80. The van der Waals surface area contributed by atoms with Crippen molar-refractivity contribution < 1.29 is 13.2 Å². The van der Waals surface area contributed by atoms with E-state index in [-0.39, 0.29) is 12.5 Å². The summed E-state index contributed by atoms with van der Waals surface area (Å²) in [7, 11) is -3.26. The van der Waals surface area contributed by atoms with E-state index in [2.05, 4.69) is 10.7 Å². The van der Waals surface area contributed by atoms with Crippen molar-refractivity contribution >= 4 is 21.4 Å². The van der Waals surface area contributed by atoms with Crippen LogP contribution in [0.5, 0.6) is 0 Å². The Morgan fingerprint density at radius 2 is 1.95 bits per heavy atom. The quantitative estimate of drug-likeness (QED) is 0.552. The summed E-state index contributed by atoms with van der Waals surface area (Å²) in [6.07, 6.45) is 1.15. The molecule has 0 saturated carbocycles. The lowest BCUT2D eigenvalue weighted by atomic mass is 10.1. The molecule has 1 aromatic carbocycles. The zero-order valence-electron chi connectivity index (χ0n) is 12.1. The summed E-state index contributed by atoms with van der Waals surface area (Å²) in [6.45, 7) is 5.05. The van der Waals surface area contributed by atoms with Crippen molar-refractivity contribution in [1.29, 1.82) is 0 Å². The van der Waals surface area contributed by atoms with Crippen LogP contribution in [0.25, 0.3) is 0 Å². The largest absolute Gasteiger partial charge is 0.350 e. The van der Waals surface area contributed by atoms with Crippen LogP contribution in [0.4, 0.5) is 5.69 Å².